The topological polar surface area (TPSA) is 68.5 Å². The Balaban J connectivity index is 1.98. The van der Waals surface area contributed by atoms with Crippen LogP contribution in [0.5, 0.6) is 5.75 Å². The van der Waals surface area contributed by atoms with Gasteiger partial charge in [0.05, 0.1) is 17.8 Å². The van der Waals surface area contributed by atoms with E-state index in [1.54, 1.807) is 41.0 Å². The molecule has 134 valence electrons. The van der Waals surface area contributed by atoms with E-state index in [2.05, 4.69) is 0 Å². The normalized spacial score (nSPS) is 10.8. The zero-order chi connectivity index (χ0) is 18.7. The number of aryl methyl sites for hydroxylation is 1. The van der Waals surface area contributed by atoms with E-state index in [0.717, 1.165) is 11.1 Å². The van der Waals surface area contributed by atoms with Crippen LogP contribution >= 0.6 is 11.6 Å². The second-order valence-electron chi connectivity index (χ2n) is 5.91. The summed E-state index contributed by atoms with van der Waals surface area (Å²) >= 11 is 5.60. The number of carboxylic acid groups (broad SMARTS) is 1. The molecule has 0 aliphatic rings. The number of aliphatic carboxylic acids is 1. The lowest BCUT2D eigenvalue weighted by molar-refractivity contribution is -0.136. The zero-order valence-electron chi connectivity index (χ0n) is 14.2. The number of aromatic nitrogens is 1. The molecule has 5 nitrogen and oxygen atoms in total. The molecular formula is C20H18ClNO4. The number of ether oxygens (including phenoxy) is 1. The second-order valence-corrected chi connectivity index (χ2v) is 6.29. The first-order valence-electron chi connectivity index (χ1n) is 8.16. The number of carbonyl (C=O) groups is 2. The zero-order valence-corrected chi connectivity index (χ0v) is 15.0. The number of carboxylic acids is 1. The first kappa shape index (κ1) is 18.0. The molecule has 1 aromatic heterocycles. The third-order valence-corrected chi connectivity index (χ3v) is 4.27. The van der Waals surface area contributed by atoms with E-state index in [9.17, 15) is 9.59 Å². The fourth-order valence-electron chi connectivity index (χ4n) is 2.99. The molecule has 0 bridgehead atoms. The van der Waals surface area contributed by atoms with Crippen molar-refractivity contribution in [3.8, 4) is 5.75 Å². The van der Waals surface area contributed by atoms with E-state index in [1.807, 2.05) is 19.1 Å². The van der Waals surface area contributed by atoms with Gasteiger partial charge in [0.15, 0.2) is 0 Å². The highest BCUT2D eigenvalue weighted by Gasteiger charge is 2.17. The van der Waals surface area contributed by atoms with Crippen LogP contribution in [0.4, 0.5) is 0 Å². The minimum absolute atomic E-state index is 0.0818. The van der Waals surface area contributed by atoms with Crippen molar-refractivity contribution in [2.45, 2.75) is 13.3 Å². The van der Waals surface area contributed by atoms with Gasteiger partial charge in [0.2, 0.25) is 0 Å². The predicted octanol–water partition coefficient (Wildman–Crippen LogP) is 3.88. The van der Waals surface area contributed by atoms with E-state index in [-0.39, 0.29) is 12.3 Å². The van der Waals surface area contributed by atoms with Crippen LogP contribution in [0.1, 0.15) is 21.6 Å². The third-order valence-electron chi connectivity index (χ3n) is 4.11. The van der Waals surface area contributed by atoms with Crippen LogP contribution in [-0.2, 0) is 11.2 Å². The van der Waals surface area contributed by atoms with Gasteiger partial charge in [0, 0.05) is 16.6 Å². The van der Waals surface area contributed by atoms with Gasteiger partial charge in [0.1, 0.15) is 12.4 Å². The average Bonchev–Trinajstić information content (AvgIpc) is 2.96. The Kier molecular flexibility index (Phi) is 5.28. The van der Waals surface area contributed by atoms with E-state index >= 15 is 0 Å². The van der Waals surface area contributed by atoms with Gasteiger partial charge < -0.3 is 9.84 Å². The van der Waals surface area contributed by atoms with Crippen molar-refractivity contribution in [2.75, 3.05) is 12.5 Å². The molecule has 0 aliphatic carbocycles. The summed E-state index contributed by atoms with van der Waals surface area (Å²) in [7, 11) is 0. The molecule has 1 heterocycles. The SMILES string of the molecule is Cc1cc2c(CC(=O)O)cccc2n1C(=O)c1ccc(OCCCl)cc1. The van der Waals surface area contributed by atoms with Crippen LogP contribution in [0.2, 0.25) is 0 Å². The summed E-state index contributed by atoms with van der Waals surface area (Å²) in [6.07, 6.45) is -0.0818. The van der Waals surface area contributed by atoms with Gasteiger partial charge in [0.25, 0.3) is 5.91 Å². The number of alkyl halides is 1. The van der Waals surface area contributed by atoms with Crippen molar-refractivity contribution in [2.24, 2.45) is 0 Å². The molecular weight excluding hydrogens is 354 g/mol. The number of hydrogen-bond donors (Lipinski definition) is 1. The van der Waals surface area contributed by atoms with Crippen molar-refractivity contribution in [1.82, 2.24) is 4.57 Å². The van der Waals surface area contributed by atoms with Crippen LogP contribution in [-0.4, -0.2) is 34.0 Å². The number of hydrogen-bond acceptors (Lipinski definition) is 3. The molecule has 1 N–H and O–H groups in total. The molecule has 6 heteroatoms. The number of rotatable bonds is 6. The number of nitrogens with zero attached hydrogens (tertiary/aromatic N) is 1. The first-order valence-corrected chi connectivity index (χ1v) is 8.70. The molecule has 0 aliphatic heterocycles. The molecule has 0 atom stereocenters. The maximum absolute atomic E-state index is 13.0. The summed E-state index contributed by atoms with van der Waals surface area (Å²) in [5.74, 6) is -0.0239. The Hall–Kier alpha value is -2.79. The standard InChI is InChI=1S/C20H18ClNO4/c1-13-11-17-15(12-19(23)24)3-2-4-18(17)22(13)20(25)14-5-7-16(8-6-14)26-10-9-21/h2-8,11H,9-10,12H2,1H3,(H,23,24). The second kappa shape index (κ2) is 7.62. The van der Waals surface area contributed by atoms with E-state index < -0.39 is 5.97 Å². The molecule has 26 heavy (non-hydrogen) atoms. The number of benzene rings is 2. The van der Waals surface area contributed by atoms with Gasteiger partial charge in [-0.25, -0.2) is 0 Å². The minimum Gasteiger partial charge on any atom is -0.492 e. The Morgan fingerprint density at radius 1 is 1.15 bits per heavy atom. The average molecular weight is 372 g/mol. The fourth-order valence-corrected chi connectivity index (χ4v) is 3.07. The smallest absolute Gasteiger partial charge is 0.307 e. The lowest BCUT2D eigenvalue weighted by Crippen LogP contribution is -2.13. The van der Waals surface area contributed by atoms with Gasteiger partial charge in [-0.15, -0.1) is 11.6 Å². The molecule has 0 amide bonds. The van der Waals surface area contributed by atoms with Gasteiger partial charge in [-0.2, -0.15) is 0 Å². The fraction of sp³-hybridized carbons (Fsp3) is 0.200. The minimum atomic E-state index is -0.901. The lowest BCUT2D eigenvalue weighted by Gasteiger charge is -2.09. The summed E-state index contributed by atoms with van der Waals surface area (Å²) in [5.41, 5.74) is 2.67. The molecule has 0 radical (unpaired) electrons. The monoisotopic (exact) mass is 371 g/mol. The van der Waals surface area contributed by atoms with E-state index in [1.165, 1.54) is 0 Å². The molecule has 0 saturated carbocycles. The van der Waals surface area contributed by atoms with E-state index in [0.29, 0.717) is 34.9 Å². The predicted molar refractivity (Wildman–Crippen MR) is 100 cm³/mol. The van der Waals surface area contributed by atoms with Crippen molar-refractivity contribution < 1.29 is 19.4 Å². The largest absolute Gasteiger partial charge is 0.492 e. The lowest BCUT2D eigenvalue weighted by atomic mass is 10.1. The summed E-state index contributed by atoms with van der Waals surface area (Å²) in [5, 5.41) is 9.86. The number of carbonyl (C=O) groups excluding carboxylic acids is 1. The van der Waals surface area contributed by atoms with Crippen molar-refractivity contribution in [1.29, 1.82) is 0 Å². The highest BCUT2D eigenvalue weighted by Crippen LogP contribution is 2.25. The summed E-state index contributed by atoms with van der Waals surface area (Å²) in [6, 6.07) is 14.1. The summed E-state index contributed by atoms with van der Waals surface area (Å²) < 4.78 is 7.03. The van der Waals surface area contributed by atoms with Crippen molar-refractivity contribution >= 4 is 34.4 Å². The van der Waals surface area contributed by atoms with Gasteiger partial charge in [-0.05, 0) is 48.9 Å². The van der Waals surface area contributed by atoms with Crippen LogP contribution in [0.25, 0.3) is 10.9 Å². The van der Waals surface area contributed by atoms with Crippen molar-refractivity contribution in [3.05, 3.63) is 65.4 Å². The molecule has 0 saturated heterocycles. The number of halogens is 1. The highest BCUT2D eigenvalue weighted by molar-refractivity contribution is 6.18. The Bertz CT molecular complexity index is 960. The maximum atomic E-state index is 13.0. The first-order chi connectivity index (χ1) is 12.5. The summed E-state index contributed by atoms with van der Waals surface area (Å²) in [6.45, 7) is 2.24. The van der Waals surface area contributed by atoms with E-state index in [4.69, 9.17) is 21.4 Å². The van der Waals surface area contributed by atoms with Gasteiger partial charge in [-0.3, -0.25) is 14.2 Å². The molecule has 3 rings (SSSR count). The molecule has 2 aromatic carbocycles. The maximum Gasteiger partial charge on any atom is 0.307 e. The molecule has 0 unspecified atom stereocenters. The Labute approximate surface area is 155 Å². The van der Waals surface area contributed by atoms with Crippen molar-refractivity contribution in [3.63, 3.8) is 0 Å². The van der Waals surface area contributed by atoms with Crippen LogP contribution in [0, 0.1) is 6.92 Å². The Morgan fingerprint density at radius 2 is 1.88 bits per heavy atom. The highest BCUT2D eigenvalue weighted by atomic mass is 35.5. The molecule has 3 aromatic rings. The third kappa shape index (κ3) is 3.58. The molecule has 0 spiro atoms. The quantitative estimate of drug-likeness (QED) is 0.667. The summed E-state index contributed by atoms with van der Waals surface area (Å²) in [4.78, 5) is 24.1. The molecule has 0 fully saturated rings. The van der Waals surface area contributed by atoms with Gasteiger partial charge >= 0.3 is 5.97 Å². The van der Waals surface area contributed by atoms with Crippen LogP contribution in [0.15, 0.2) is 48.5 Å². The van der Waals surface area contributed by atoms with Crippen LogP contribution < -0.4 is 4.74 Å². The van der Waals surface area contributed by atoms with Crippen LogP contribution in [0.3, 0.4) is 0 Å². The Morgan fingerprint density at radius 3 is 2.54 bits per heavy atom. The van der Waals surface area contributed by atoms with Gasteiger partial charge in [-0.1, -0.05) is 12.1 Å². The number of fused-ring (bicyclic) bond motifs is 1.